The van der Waals surface area contributed by atoms with E-state index >= 15 is 0 Å². The number of aromatic nitrogens is 3. The van der Waals surface area contributed by atoms with Crippen LogP contribution < -0.4 is 10.1 Å². The van der Waals surface area contributed by atoms with Crippen molar-refractivity contribution in [3.8, 4) is 5.75 Å². The van der Waals surface area contributed by atoms with Gasteiger partial charge in [-0.2, -0.15) is 5.10 Å². The van der Waals surface area contributed by atoms with Gasteiger partial charge in [0.25, 0.3) is 0 Å². The number of guanidine groups is 1. The molecule has 130 valence electrons. The largest absolute Gasteiger partial charge is 0.489 e. The van der Waals surface area contributed by atoms with Crippen molar-refractivity contribution in [1.82, 2.24) is 25.0 Å². The summed E-state index contributed by atoms with van der Waals surface area (Å²) in [5, 5.41) is 7.24. The Kier molecular flexibility index (Phi) is 6.53. The average molecular weight is 334 g/mol. The van der Waals surface area contributed by atoms with E-state index in [0.29, 0.717) is 19.7 Å². The maximum Gasteiger partial charge on any atom is 0.194 e. The van der Waals surface area contributed by atoms with E-state index in [0.717, 1.165) is 18.3 Å². The summed E-state index contributed by atoms with van der Waals surface area (Å²) < 4.78 is 20.7. The Bertz CT molecular complexity index is 672. The third-order valence-electron chi connectivity index (χ3n) is 3.39. The Morgan fingerprint density at radius 3 is 2.88 bits per heavy atom. The molecule has 7 nitrogen and oxygen atoms in total. The number of nitrogens with zero attached hydrogens (tertiary/aromatic N) is 5. The van der Waals surface area contributed by atoms with Crippen LogP contribution in [0.25, 0.3) is 0 Å². The number of hydrogen-bond donors (Lipinski definition) is 1. The molecule has 0 aliphatic heterocycles. The van der Waals surface area contributed by atoms with Gasteiger partial charge in [0.15, 0.2) is 17.5 Å². The molecule has 2 aromatic rings. The van der Waals surface area contributed by atoms with Crippen LogP contribution in [0.4, 0.5) is 4.39 Å². The Balaban J connectivity index is 1.90. The van der Waals surface area contributed by atoms with E-state index in [2.05, 4.69) is 20.4 Å². The minimum absolute atomic E-state index is 0.256. The highest BCUT2D eigenvalue weighted by Gasteiger charge is 2.08. The number of aryl methyl sites for hydroxylation is 1. The highest BCUT2D eigenvalue weighted by Crippen LogP contribution is 2.14. The molecule has 0 amide bonds. The van der Waals surface area contributed by atoms with Crippen molar-refractivity contribution < 1.29 is 9.13 Å². The van der Waals surface area contributed by atoms with E-state index in [1.807, 2.05) is 25.9 Å². The summed E-state index contributed by atoms with van der Waals surface area (Å²) in [6.45, 7) is 4.10. The van der Waals surface area contributed by atoms with Gasteiger partial charge in [0.2, 0.25) is 0 Å². The van der Waals surface area contributed by atoms with E-state index in [1.165, 1.54) is 12.4 Å². The number of nitrogens with one attached hydrogen (secondary N) is 1. The molecule has 1 aromatic heterocycles. The first-order chi connectivity index (χ1) is 11.6. The number of ether oxygens (including phenoxy) is 1. The van der Waals surface area contributed by atoms with Crippen LogP contribution in [0.15, 0.2) is 35.6 Å². The maximum absolute atomic E-state index is 13.5. The summed E-state index contributed by atoms with van der Waals surface area (Å²) >= 11 is 0. The topological polar surface area (TPSA) is 67.6 Å². The zero-order valence-electron chi connectivity index (χ0n) is 14.2. The van der Waals surface area contributed by atoms with Gasteiger partial charge in [0.1, 0.15) is 25.3 Å². The van der Waals surface area contributed by atoms with E-state index in [4.69, 9.17) is 4.74 Å². The minimum atomic E-state index is -0.358. The predicted molar refractivity (Wildman–Crippen MR) is 90.3 cm³/mol. The Hall–Kier alpha value is -2.64. The Labute approximate surface area is 141 Å². The molecule has 24 heavy (non-hydrogen) atoms. The molecule has 2 rings (SSSR count). The first-order valence-corrected chi connectivity index (χ1v) is 7.81. The second kappa shape index (κ2) is 8.85. The summed E-state index contributed by atoms with van der Waals surface area (Å²) in [4.78, 5) is 10.6. The number of benzene rings is 1. The molecule has 0 radical (unpaired) electrons. The SMILES string of the molecule is CCNC(=NCc1ncnn1C)N(C)CCOc1ccccc1F. The van der Waals surface area contributed by atoms with Crippen LogP contribution in [0.5, 0.6) is 5.75 Å². The summed E-state index contributed by atoms with van der Waals surface area (Å²) in [7, 11) is 3.74. The molecule has 0 spiro atoms. The fourth-order valence-corrected chi connectivity index (χ4v) is 2.04. The molecule has 0 unspecified atom stereocenters. The molecule has 1 N–H and O–H groups in total. The van der Waals surface area contributed by atoms with Crippen molar-refractivity contribution in [1.29, 1.82) is 0 Å². The van der Waals surface area contributed by atoms with E-state index in [-0.39, 0.29) is 11.6 Å². The first-order valence-electron chi connectivity index (χ1n) is 7.81. The summed E-state index contributed by atoms with van der Waals surface area (Å²) in [5.74, 6) is 1.41. The Morgan fingerprint density at radius 2 is 2.21 bits per heavy atom. The van der Waals surface area contributed by atoms with Gasteiger partial charge in [-0.05, 0) is 19.1 Å². The van der Waals surface area contributed by atoms with Crippen molar-refractivity contribution in [3.63, 3.8) is 0 Å². The molecule has 0 saturated heterocycles. The second-order valence-corrected chi connectivity index (χ2v) is 5.17. The van der Waals surface area contributed by atoms with Crippen LogP contribution in [0, 0.1) is 5.82 Å². The lowest BCUT2D eigenvalue weighted by Gasteiger charge is -2.22. The third kappa shape index (κ3) is 4.94. The van der Waals surface area contributed by atoms with Crippen molar-refractivity contribution in [2.75, 3.05) is 26.7 Å². The van der Waals surface area contributed by atoms with Crippen LogP contribution >= 0.6 is 0 Å². The van der Waals surface area contributed by atoms with Crippen LogP contribution in [-0.2, 0) is 13.6 Å². The van der Waals surface area contributed by atoms with Crippen LogP contribution in [-0.4, -0.2) is 52.4 Å². The van der Waals surface area contributed by atoms with Crippen molar-refractivity contribution in [3.05, 3.63) is 42.2 Å². The molecule has 0 aliphatic carbocycles. The van der Waals surface area contributed by atoms with Crippen LogP contribution in [0.3, 0.4) is 0 Å². The van der Waals surface area contributed by atoms with Crippen LogP contribution in [0.1, 0.15) is 12.7 Å². The number of hydrogen-bond acceptors (Lipinski definition) is 4. The zero-order chi connectivity index (χ0) is 17.4. The van der Waals surface area contributed by atoms with Crippen LogP contribution in [0.2, 0.25) is 0 Å². The fraction of sp³-hybridized carbons (Fsp3) is 0.438. The number of likely N-dealkylation sites (N-methyl/N-ethyl adjacent to an activating group) is 1. The average Bonchev–Trinajstić information content (AvgIpc) is 2.98. The zero-order valence-corrected chi connectivity index (χ0v) is 14.2. The molecular formula is C16H23FN6O. The summed E-state index contributed by atoms with van der Waals surface area (Å²) in [6, 6.07) is 6.37. The maximum atomic E-state index is 13.5. The lowest BCUT2D eigenvalue weighted by Crippen LogP contribution is -2.41. The minimum Gasteiger partial charge on any atom is -0.489 e. The van der Waals surface area contributed by atoms with E-state index in [9.17, 15) is 4.39 Å². The van der Waals surface area contributed by atoms with Gasteiger partial charge in [-0.25, -0.2) is 14.4 Å². The summed E-state index contributed by atoms with van der Waals surface area (Å²) in [6.07, 6.45) is 1.50. The molecule has 0 saturated carbocycles. The number of para-hydroxylation sites is 1. The normalized spacial score (nSPS) is 11.4. The van der Waals surface area contributed by atoms with Crippen molar-refractivity contribution >= 4 is 5.96 Å². The molecule has 0 fully saturated rings. The molecule has 0 bridgehead atoms. The number of rotatable bonds is 7. The quantitative estimate of drug-likeness (QED) is 0.613. The summed E-state index contributed by atoms with van der Waals surface area (Å²) in [5.41, 5.74) is 0. The standard InChI is InChI=1S/C16H23FN6O/c1-4-18-16(19-11-15-20-12-21-23(15)3)22(2)9-10-24-14-8-6-5-7-13(14)17/h5-8,12H,4,9-11H2,1-3H3,(H,18,19). The smallest absolute Gasteiger partial charge is 0.194 e. The Morgan fingerprint density at radius 1 is 1.42 bits per heavy atom. The lowest BCUT2D eigenvalue weighted by molar-refractivity contribution is 0.270. The van der Waals surface area contributed by atoms with Gasteiger partial charge >= 0.3 is 0 Å². The second-order valence-electron chi connectivity index (χ2n) is 5.17. The van der Waals surface area contributed by atoms with Gasteiger partial charge in [-0.3, -0.25) is 4.68 Å². The number of aliphatic imine (C=N–C) groups is 1. The molecule has 0 atom stereocenters. The van der Waals surface area contributed by atoms with Gasteiger partial charge in [-0.1, -0.05) is 12.1 Å². The molecule has 1 heterocycles. The molecule has 8 heteroatoms. The van der Waals surface area contributed by atoms with Gasteiger partial charge in [-0.15, -0.1) is 0 Å². The molecule has 0 aliphatic rings. The van der Waals surface area contributed by atoms with Gasteiger partial charge in [0, 0.05) is 20.6 Å². The molecular weight excluding hydrogens is 311 g/mol. The lowest BCUT2D eigenvalue weighted by atomic mass is 10.3. The third-order valence-corrected chi connectivity index (χ3v) is 3.39. The van der Waals surface area contributed by atoms with Crippen molar-refractivity contribution in [2.45, 2.75) is 13.5 Å². The first kappa shape index (κ1) is 17.7. The predicted octanol–water partition coefficient (Wildman–Crippen LogP) is 1.43. The highest BCUT2D eigenvalue weighted by atomic mass is 19.1. The van der Waals surface area contributed by atoms with Crippen molar-refractivity contribution in [2.24, 2.45) is 12.0 Å². The van der Waals surface area contributed by atoms with E-state index in [1.54, 1.807) is 22.9 Å². The monoisotopic (exact) mass is 334 g/mol. The highest BCUT2D eigenvalue weighted by molar-refractivity contribution is 5.79. The fourth-order valence-electron chi connectivity index (χ4n) is 2.04. The van der Waals surface area contributed by atoms with E-state index < -0.39 is 0 Å². The number of halogens is 1. The van der Waals surface area contributed by atoms with Gasteiger partial charge < -0.3 is 15.0 Å². The molecule has 1 aromatic carbocycles. The van der Waals surface area contributed by atoms with Gasteiger partial charge in [0.05, 0.1) is 6.54 Å².